The second-order valence-corrected chi connectivity index (χ2v) is 7.48. The molecule has 148 valence electrons. The fourth-order valence-electron chi connectivity index (χ4n) is 4.22. The van der Waals surface area contributed by atoms with E-state index in [1.165, 1.54) is 6.42 Å². The van der Waals surface area contributed by atoms with Crippen molar-refractivity contribution in [2.24, 2.45) is 0 Å². The van der Waals surface area contributed by atoms with Gasteiger partial charge >= 0.3 is 0 Å². The lowest BCUT2D eigenvalue weighted by molar-refractivity contribution is -0.142. The number of nitrogens with zero attached hydrogens (tertiary/aromatic N) is 3. The van der Waals surface area contributed by atoms with E-state index >= 15 is 0 Å². The Morgan fingerprint density at radius 3 is 2.37 bits per heavy atom. The Morgan fingerprint density at radius 1 is 1.07 bits per heavy atom. The number of amides is 2. The number of ether oxygens (including phenoxy) is 1. The lowest BCUT2D eigenvalue weighted by Crippen LogP contribution is -2.53. The van der Waals surface area contributed by atoms with Crippen molar-refractivity contribution in [2.45, 2.75) is 45.1 Å². The molecular weight excluding hydrogens is 342 g/mol. The summed E-state index contributed by atoms with van der Waals surface area (Å²) in [6, 6.07) is 8.21. The number of piperazine rings is 1. The number of methoxy groups -OCH3 is 1. The molecule has 0 spiro atoms. The van der Waals surface area contributed by atoms with Gasteiger partial charge in [-0.3, -0.25) is 9.59 Å². The van der Waals surface area contributed by atoms with Gasteiger partial charge in [0, 0.05) is 39.1 Å². The molecule has 1 aliphatic carbocycles. The molecule has 27 heavy (non-hydrogen) atoms. The van der Waals surface area contributed by atoms with Crippen molar-refractivity contribution < 1.29 is 14.3 Å². The van der Waals surface area contributed by atoms with Gasteiger partial charge in [0.15, 0.2) is 0 Å². The Labute approximate surface area is 162 Å². The standard InChI is InChI=1S/C21H31N3O3/c1-17(25)24(18-8-4-3-5-9-18)16-21(26)23-14-12-22(13-15-23)19-10-6-7-11-20(19)27-2/h6-7,10-11,18H,3-5,8-9,12-16H2,1-2H3. The van der Waals surface area contributed by atoms with Crippen LogP contribution < -0.4 is 9.64 Å². The van der Waals surface area contributed by atoms with Gasteiger partial charge in [-0.2, -0.15) is 0 Å². The highest BCUT2D eigenvalue weighted by Gasteiger charge is 2.28. The van der Waals surface area contributed by atoms with E-state index in [0.29, 0.717) is 13.1 Å². The maximum Gasteiger partial charge on any atom is 0.242 e. The van der Waals surface area contributed by atoms with Crippen LogP contribution in [0.3, 0.4) is 0 Å². The van der Waals surface area contributed by atoms with E-state index in [2.05, 4.69) is 11.0 Å². The summed E-state index contributed by atoms with van der Waals surface area (Å²) in [6.45, 7) is 4.70. The van der Waals surface area contributed by atoms with Crippen LogP contribution in [0.4, 0.5) is 5.69 Å². The number of hydrogen-bond acceptors (Lipinski definition) is 4. The highest BCUT2D eigenvalue weighted by atomic mass is 16.5. The van der Waals surface area contributed by atoms with Crippen molar-refractivity contribution in [1.29, 1.82) is 0 Å². The maximum absolute atomic E-state index is 12.8. The topological polar surface area (TPSA) is 53.1 Å². The summed E-state index contributed by atoms with van der Waals surface area (Å²) < 4.78 is 5.45. The third-order valence-electron chi connectivity index (χ3n) is 5.78. The van der Waals surface area contributed by atoms with Gasteiger partial charge in [-0.05, 0) is 25.0 Å². The molecule has 3 rings (SSSR count). The van der Waals surface area contributed by atoms with Gasteiger partial charge < -0.3 is 19.4 Å². The van der Waals surface area contributed by atoms with E-state index < -0.39 is 0 Å². The first-order valence-electron chi connectivity index (χ1n) is 10.0. The molecule has 0 radical (unpaired) electrons. The molecule has 6 nitrogen and oxygen atoms in total. The molecule has 1 heterocycles. The Balaban J connectivity index is 1.56. The molecule has 1 aromatic carbocycles. The minimum Gasteiger partial charge on any atom is -0.495 e. The number of anilines is 1. The molecule has 0 bridgehead atoms. The number of benzene rings is 1. The summed E-state index contributed by atoms with van der Waals surface area (Å²) in [5, 5.41) is 0. The van der Waals surface area contributed by atoms with Gasteiger partial charge in [0.2, 0.25) is 11.8 Å². The smallest absolute Gasteiger partial charge is 0.242 e. The number of hydrogen-bond donors (Lipinski definition) is 0. The molecule has 6 heteroatoms. The van der Waals surface area contributed by atoms with E-state index in [4.69, 9.17) is 4.74 Å². The third-order valence-corrected chi connectivity index (χ3v) is 5.78. The van der Waals surface area contributed by atoms with Gasteiger partial charge in [0.25, 0.3) is 0 Å². The van der Waals surface area contributed by atoms with Crippen molar-refractivity contribution in [3.05, 3.63) is 24.3 Å². The summed E-state index contributed by atoms with van der Waals surface area (Å²) in [4.78, 5) is 30.9. The lowest BCUT2D eigenvalue weighted by Gasteiger charge is -2.39. The summed E-state index contributed by atoms with van der Waals surface area (Å²) in [5.41, 5.74) is 1.07. The van der Waals surface area contributed by atoms with E-state index in [0.717, 1.165) is 50.2 Å². The van der Waals surface area contributed by atoms with E-state index in [1.807, 2.05) is 23.1 Å². The van der Waals surface area contributed by atoms with Gasteiger partial charge in [0.05, 0.1) is 19.3 Å². The van der Waals surface area contributed by atoms with Crippen LogP contribution in [-0.4, -0.2) is 67.5 Å². The van der Waals surface area contributed by atoms with Crippen LogP contribution in [0.15, 0.2) is 24.3 Å². The zero-order chi connectivity index (χ0) is 19.2. The Bertz CT molecular complexity index is 650. The van der Waals surface area contributed by atoms with E-state index in [1.54, 1.807) is 18.9 Å². The van der Waals surface area contributed by atoms with Crippen molar-refractivity contribution in [3.8, 4) is 5.75 Å². The van der Waals surface area contributed by atoms with Crippen LogP contribution in [0.2, 0.25) is 0 Å². The van der Waals surface area contributed by atoms with Crippen molar-refractivity contribution in [3.63, 3.8) is 0 Å². The number of carbonyl (C=O) groups excluding carboxylic acids is 2. The minimum atomic E-state index is 0.0166. The normalized spacial score (nSPS) is 18.3. The van der Waals surface area contributed by atoms with Gasteiger partial charge in [-0.1, -0.05) is 31.4 Å². The van der Waals surface area contributed by atoms with Crippen LogP contribution >= 0.6 is 0 Å². The van der Waals surface area contributed by atoms with Crippen molar-refractivity contribution in [1.82, 2.24) is 9.80 Å². The first kappa shape index (κ1) is 19.5. The van der Waals surface area contributed by atoms with Gasteiger partial charge in [0.1, 0.15) is 5.75 Å². The highest BCUT2D eigenvalue weighted by Crippen LogP contribution is 2.28. The lowest BCUT2D eigenvalue weighted by atomic mass is 9.94. The maximum atomic E-state index is 12.8. The highest BCUT2D eigenvalue weighted by molar-refractivity contribution is 5.84. The number of carbonyl (C=O) groups is 2. The van der Waals surface area contributed by atoms with Crippen molar-refractivity contribution >= 4 is 17.5 Å². The van der Waals surface area contributed by atoms with E-state index in [-0.39, 0.29) is 24.4 Å². The first-order valence-corrected chi connectivity index (χ1v) is 10.0. The zero-order valence-corrected chi connectivity index (χ0v) is 16.5. The van der Waals surface area contributed by atoms with E-state index in [9.17, 15) is 9.59 Å². The quantitative estimate of drug-likeness (QED) is 0.796. The molecule has 2 aliphatic rings. The summed E-state index contributed by atoms with van der Waals surface area (Å²) in [7, 11) is 1.68. The van der Waals surface area contributed by atoms with Gasteiger partial charge in [-0.15, -0.1) is 0 Å². The van der Waals surface area contributed by atoms with Gasteiger partial charge in [-0.25, -0.2) is 0 Å². The van der Waals surface area contributed by atoms with Crippen LogP contribution in [0, 0.1) is 0 Å². The average molecular weight is 373 g/mol. The third kappa shape index (κ3) is 4.73. The predicted octanol–water partition coefficient (Wildman–Crippen LogP) is 2.53. The second-order valence-electron chi connectivity index (χ2n) is 7.48. The Hall–Kier alpha value is -2.24. The van der Waals surface area contributed by atoms with Crippen LogP contribution in [-0.2, 0) is 9.59 Å². The van der Waals surface area contributed by atoms with Crippen LogP contribution in [0.1, 0.15) is 39.0 Å². The molecule has 1 saturated heterocycles. The minimum absolute atomic E-state index is 0.0166. The average Bonchev–Trinajstić information content (AvgIpc) is 2.72. The molecule has 1 saturated carbocycles. The first-order chi connectivity index (χ1) is 13.1. The summed E-state index contributed by atoms with van der Waals surface area (Å²) in [6.07, 6.45) is 5.59. The molecule has 0 N–H and O–H groups in total. The largest absolute Gasteiger partial charge is 0.495 e. The second kappa shape index (κ2) is 9.11. The molecule has 1 aliphatic heterocycles. The monoisotopic (exact) mass is 373 g/mol. The number of para-hydroxylation sites is 2. The molecule has 2 amide bonds. The summed E-state index contributed by atoms with van der Waals surface area (Å²) in [5.74, 6) is 0.940. The molecule has 0 aromatic heterocycles. The van der Waals surface area contributed by atoms with Crippen LogP contribution in [0.5, 0.6) is 5.75 Å². The summed E-state index contributed by atoms with van der Waals surface area (Å²) >= 11 is 0. The molecule has 0 atom stereocenters. The Morgan fingerprint density at radius 2 is 1.74 bits per heavy atom. The molecular formula is C21H31N3O3. The van der Waals surface area contributed by atoms with Crippen molar-refractivity contribution in [2.75, 3.05) is 44.7 Å². The SMILES string of the molecule is COc1ccccc1N1CCN(C(=O)CN(C(C)=O)C2CCCCC2)CC1. The fraction of sp³-hybridized carbons (Fsp3) is 0.619. The fourth-order valence-corrected chi connectivity index (χ4v) is 4.22. The molecule has 0 unspecified atom stereocenters. The number of rotatable bonds is 5. The molecule has 1 aromatic rings. The predicted molar refractivity (Wildman–Crippen MR) is 106 cm³/mol. The zero-order valence-electron chi connectivity index (χ0n) is 16.5. The van der Waals surface area contributed by atoms with Crippen LogP contribution in [0.25, 0.3) is 0 Å². The molecule has 2 fully saturated rings. The Kier molecular flexibility index (Phi) is 6.58.